The average molecular weight is 495 g/mol. The number of ether oxygens (including phenoxy) is 1. The fraction of sp³-hybridized carbons (Fsp3) is 0.231. The van der Waals surface area contributed by atoms with Crippen LogP contribution in [0.25, 0.3) is 0 Å². The molecule has 0 unspecified atom stereocenters. The van der Waals surface area contributed by atoms with E-state index in [2.05, 4.69) is 29.3 Å². The van der Waals surface area contributed by atoms with Crippen molar-refractivity contribution in [3.05, 3.63) is 84.4 Å². The lowest BCUT2D eigenvalue weighted by atomic mass is 10.2. The molecule has 0 radical (unpaired) electrons. The summed E-state index contributed by atoms with van der Waals surface area (Å²) in [6.45, 7) is 5.58. The number of carbonyl (C=O) groups excluding carboxylic acids is 1. The van der Waals surface area contributed by atoms with E-state index in [1.807, 2.05) is 24.3 Å². The molecule has 3 aromatic rings. The summed E-state index contributed by atoms with van der Waals surface area (Å²) in [5.74, 6) is 0.00297. The fourth-order valence-corrected chi connectivity index (χ4v) is 4.93. The molecule has 3 rings (SSSR count). The quantitative estimate of drug-likeness (QED) is 0.323. The number of methoxy groups -OCH3 is 1. The zero-order chi connectivity index (χ0) is 25.3. The van der Waals surface area contributed by atoms with Crippen LogP contribution in [0.1, 0.15) is 19.4 Å². The van der Waals surface area contributed by atoms with Crippen molar-refractivity contribution in [1.82, 2.24) is 5.43 Å². The zero-order valence-electron chi connectivity index (χ0n) is 20.1. The topological polar surface area (TPSA) is 91.3 Å². The molecule has 0 fully saturated rings. The van der Waals surface area contributed by atoms with E-state index in [-0.39, 0.29) is 4.90 Å². The number of hydrogen-bond acceptors (Lipinski definition) is 6. The summed E-state index contributed by atoms with van der Waals surface area (Å²) >= 11 is 0. The van der Waals surface area contributed by atoms with Crippen molar-refractivity contribution in [2.75, 3.05) is 35.9 Å². The van der Waals surface area contributed by atoms with Gasteiger partial charge in [0.2, 0.25) is 0 Å². The maximum atomic E-state index is 13.3. The third-order valence-electron chi connectivity index (χ3n) is 5.40. The van der Waals surface area contributed by atoms with Crippen LogP contribution in [0.4, 0.5) is 11.4 Å². The van der Waals surface area contributed by atoms with Gasteiger partial charge in [-0.05, 0) is 67.9 Å². The van der Waals surface area contributed by atoms with Crippen LogP contribution < -0.4 is 19.4 Å². The summed E-state index contributed by atoms with van der Waals surface area (Å²) < 4.78 is 32.9. The van der Waals surface area contributed by atoms with Crippen LogP contribution in [0.2, 0.25) is 0 Å². The Morgan fingerprint density at radius 2 is 1.51 bits per heavy atom. The van der Waals surface area contributed by atoms with Crippen LogP contribution in [0.15, 0.2) is 88.9 Å². The van der Waals surface area contributed by atoms with Crippen LogP contribution in [0, 0.1) is 0 Å². The first-order chi connectivity index (χ1) is 16.9. The molecule has 0 aliphatic rings. The van der Waals surface area contributed by atoms with Crippen molar-refractivity contribution in [3.63, 3.8) is 0 Å². The lowest BCUT2D eigenvalue weighted by molar-refractivity contribution is -0.119. The van der Waals surface area contributed by atoms with Crippen molar-refractivity contribution in [2.45, 2.75) is 18.7 Å². The van der Waals surface area contributed by atoms with Crippen molar-refractivity contribution in [3.8, 4) is 5.75 Å². The minimum absolute atomic E-state index is 0.0837. The molecule has 0 aliphatic carbocycles. The van der Waals surface area contributed by atoms with E-state index in [1.54, 1.807) is 42.5 Å². The molecule has 1 N–H and O–H groups in total. The van der Waals surface area contributed by atoms with Gasteiger partial charge in [-0.2, -0.15) is 5.10 Å². The third-order valence-corrected chi connectivity index (χ3v) is 7.19. The summed E-state index contributed by atoms with van der Waals surface area (Å²) in [6.07, 6.45) is 1.52. The number of rotatable bonds is 11. The van der Waals surface area contributed by atoms with Gasteiger partial charge in [0, 0.05) is 18.8 Å². The van der Waals surface area contributed by atoms with Crippen LogP contribution in [-0.2, 0) is 14.8 Å². The second kappa shape index (κ2) is 12.0. The van der Waals surface area contributed by atoms with Gasteiger partial charge >= 0.3 is 0 Å². The van der Waals surface area contributed by atoms with E-state index in [4.69, 9.17) is 4.74 Å². The smallest absolute Gasteiger partial charge is 0.264 e. The van der Waals surface area contributed by atoms with Gasteiger partial charge in [-0.25, -0.2) is 13.8 Å². The van der Waals surface area contributed by atoms with E-state index >= 15 is 0 Å². The van der Waals surface area contributed by atoms with E-state index in [0.29, 0.717) is 11.4 Å². The SMILES string of the molecule is CCN(CC)c1ccc(/C=N\NC(=O)CN(c2ccc(OC)cc2)S(=O)(=O)c2ccccc2)cc1. The fourth-order valence-electron chi connectivity index (χ4n) is 3.49. The Kier molecular flexibility index (Phi) is 8.86. The maximum absolute atomic E-state index is 13.3. The Balaban J connectivity index is 1.75. The van der Waals surface area contributed by atoms with Crippen LogP contribution >= 0.6 is 0 Å². The standard InChI is InChI=1S/C26H30N4O4S/c1-4-29(5-2)22-13-11-21(12-14-22)19-27-28-26(31)20-30(23-15-17-24(34-3)18-16-23)35(32,33)25-9-7-6-8-10-25/h6-19H,4-5,20H2,1-3H3,(H,28,31)/b27-19-. The van der Waals surface area contributed by atoms with E-state index in [9.17, 15) is 13.2 Å². The van der Waals surface area contributed by atoms with Gasteiger partial charge in [0.1, 0.15) is 12.3 Å². The molecule has 184 valence electrons. The highest BCUT2D eigenvalue weighted by Gasteiger charge is 2.27. The Bertz CT molecular complexity index is 1220. The number of carbonyl (C=O) groups is 1. The average Bonchev–Trinajstić information content (AvgIpc) is 2.89. The maximum Gasteiger partial charge on any atom is 0.264 e. The number of amides is 1. The lowest BCUT2D eigenvalue weighted by Crippen LogP contribution is -2.39. The monoisotopic (exact) mass is 494 g/mol. The van der Waals surface area contributed by atoms with Crippen LogP contribution in [0.5, 0.6) is 5.75 Å². The number of benzene rings is 3. The van der Waals surface area contributed by atoms with Crippen molar-refractivity contribution < 1.29 is 17.9 Å². The predicted octanol–water partition coefficient (Wildman–Crippen LogP) is 3.89. The number of hydrazone groups is 1. The molecule has 8 nitrogen and oxygen atoms in total. The Hall–Kier alpha value is -3.85. The number of anilines is 2. The molecule has 1 amide bonds. The predicted molar refractivity (Wildman–Crippen MR) is 140 cm³/mol. The second-order valence-electron chi connectivity index (χ2n) is 7.58. The molecule has 0 spiro atoms. The largest absolute Gasteiger partial charge is 0.497 e. The van der Waals surface area contributed by atoms with E-state index < -0.39 is 22.5 Å². The summed E-state index contributed by atoms with van der Waals surface area (Å²) in [5, 5.41) is 4.01. The van der Waals surface area contributed by atoms with Gasteiger partial charge in [0.05, 0.1) is 23.9 Å². The van der Waals surface area contributed by atoms with Crippen molar-refractivity contribution in [2.24, 2.45) is 5.10 Å². The summed E-state index contributed by atoms with van der Waals surface area (Å²) in [7, 11) is -2.46. The zero-order valence-corrected chi connectivity index (χ0v) is 20.9. The van der Waals surface area contributed by atoms with Crippen LogP contribution in [-0.4, -0.2) is 47.3 Å². The minimum Gasteiger partial charge on any atom is -0.497 e. The summed E-state index contributed by atoms with van der Waals surface area (Å²) in [4.78, 5) is 15.0. The van der Waals surface area contributed by atoms with Gasteiger partial charge in [0.15, 0.2) is 0 Å². The molecule has 35 heavy (non-hydrogen) atoms. The Labute approximate surface area is 206 Å². The first kappa shape index (κ1) is 25.8. The first-order valence-electron chi connectivity index (χ1n) is 11.3. The lowest BCUT2D eigenvalue weighted by Gasteiger charge is -2.23. The molecular weight excluding hydrogens is 464 g/mol. The number of nitrogens with one attached hydrogen (secondary N) is 1. The van der Waals surface area contributed by atoms with Gasteiger partial charge in [-0.1, -0.05) is 30.3 Å². The number of hydrogen-bond donors (Lipinski definition) is 1. The Morgan fingerprint density at radius 3 is 2.09 bits per heavy atom. The molecule has 0 saturated heterocycles. The van der Waals surface area contributed by atoms with Gasteiger partial charge < -0.3 is 9.64 Å². The van der Waals surface area contributed by atoms with Gasteiger partial charge in [0.25, 0.3) is 15.9 Å². The van der Waals surface area contributed by atoms with Gasteiger partial charge in [-0.3, -0.25) is 9.10 Å². The molecule has 3 aromatic carbocycles. The van der Waals surface area contributed by atoms with Crippen molar-refractivity contribution >= 4 is 33.5 Å². The summed E-state index contributed by atoms with van der Waals surface area (Å²) in [5.41, 5.74) is 4.68. The molecular formula is C26H30N4O4S. The molecule has 0 heterocycles. The molecule has 0 saturated carbocycles. The molecule has 0 bridgehead atoms. The van der Waals surface area contributed by atoms with Crippen molar-refractivity contribution in [1.29, 1.82) is 0 Å². The van der Waals surface area contributed by atoms with Crippen LogP contribution in [0.3, 0.4) is 0 Å². The van der Waals surface area contributed by atoms with E-state index in [1.165, 1.54) is 25.5 Å². The highest BCUT2D eigenvalue weighted by atomic mass is 32.2. The Morgan fingerprint density at radius 1 is 0.914 bits per heavy atom. The molecule has 0 atom stereocenters. The highest BCUT2D eigenvalue weighted by Crippen LogP contribution is 2.25. The molecule has 0 aromatic heterocycles. The number of sulfonamides is 1. The summed E-state index contributed by atoms with van der Waals surface area (Å²) in [6, 6.07) is 22.2. The van der Waals surface area contributed by atoms with E-state index in [0.717, 1.165) is 28.6 Å². The minimum atomic E-state index is -3.99. The third kappa shape index (κ3) is 6.60. The second-order valence-corrected chi connectivity index (χ2v) is 9.44. The highest BCUT2D eigenvalue weighted by molar-refractivity contribution is 7.92. The number of nitrogens with zero attached hydrogens (tertiary/aromatic N) is 3. The first-order valence-corrected chi connectivity index (χ1v) is 12.7. The molecule has 9 heteroatoms. The molecule has 0 aliphatic heterocycles. The normalized spacial score (nSPS) is 11.3. The van der Waals surface area contributed by atoms with Gasteiger partial charge in [-0.15, -0.1) is 0 Å².